The maximum absolute atomic E-state index is 9.99. The molecular formula is C13H25NO. The van der Waals surface area contributed by atoms with E-state index in [4.69, 9.17) is 0 Å². The highest BCUT2D eigenvalue weighted by molar-refractivity contribution is 4.95. The van der Waals surface area contributed by atoms with E-state index in [1.165, 1.54) is 32.2 Å². The summed E-state index contributed by atoms with van der Waals surface area (Å²) in [4.78, 5) is 2.59. The molecule has 0 radical (unpaired) electrons. The van der Waals surface area contributed by atoms with Crippen molar-refractivity contribution < 1.29 is 5.11 Å². The lowest BCUT2D eigenvalue weighted by molar-refractivity contribution is 0.0311. The summed E-state index contributed by atoms with van der Waals surface area (Å²) in [7, 11) is 0. The van der Waals surface area contributed by atoms with Gasteiger partial charge in [0.2, 0.25) is 0 Å². The molecule has 2 nitrogen and oxygen atoms in total. The Morgan fingerprint density at radius 2 is 1.80 bits per heavy atom. The summed E-state index contributed by atoms with van der Waals surface area (Å²) >= 11 is 0. The molecule has 0 aromatic carbocycles. The van der Waals surface area contributed by atoms with Crippen LogP contribution in [0.5, 0.6) is 0 Å². The van der Waals surface area contributed by atoms with Crippen LogP contribution >= 0.6 is 0 Å². The van der Waals surface area contributed by atoms with Gasteiger partial charge >= 0.3 is 0 Å². The Morgan fingerprint density at radius 1 is 1.07 bits per heavy atom. The van der Waals surface area contributed by atoms with Gasteiger partial charge in [-0.1, -0.05) is 20.8 Å². The van der Waals surface area contributed by atoms with Crippen LogP contribution in [0.25, 0.3) is 0 Å². The van der Waals surface area contributed by atoms with Gasteiger partial charge in [0.05, 0.1) is 6.10 Å². The summed E-state index contributed by atoms with van der Waals surface area (Å²) in [5.41, 5.74) is 0.360. The van der Waals surface area contributed by atoms with Crippen molar-refractivity contribution >= 4 is 0 Å². The second-order valence-corrected chi connectivity index (χ2v) is 6.33. The van der Waals surface area contributed by atoms with Crippen LogP contribution in [0.2, 0.25) is 0 Å². The Labute approximate surface area is 93.7 Å². The van der Waals surface area contributed by atoms with Gasteiger partial charge in [-0.05, 0) is 44.1 Å². The van der Waals surface area contributed by atoms with E-state index >= 15 is 0 Å². The van der Waals surface area contributed by atoms with Crippen LogP contribution in [-0.2, 0) is 0 Å². The van der Waals surface area contributed by atoms with E-state index in [1.54, 1.807) is 0 Å². The lowest BCUT2D eigenvalue weighted by atomic mass is 9.84. The van der Waals surface area contributed by atoms with Gasteiger partial charge in [0.25, 0.3) is 0 Å². The van der Waals surface area contributed by atoms with Gasteiger partial charge < -0.3 is 5.11 Å². The van der Waals surface area contributed by atoms with Crippen LogP contribution in [0.4, 0.5) is 0 Å². The molecule has 3 atom stereocenters. The molecule has 0 amide bonds. The van der Waals surface area contributed by atoms with Gasteiger partial charge in [0, 0.05) is 12.1 Å². The van der Waals surface area contributed by atoms with Crippen LogP contribution in [0.15, 0.2) is 0 Å². The minimum absolute atomic E-state index is 0.0621. The number of likely N-dealkylation sites (tertiary alicyclic amines) is 1. The second kappa shape index (κ2) is 4.06. The van der Waals surface area contributed by atoms with Gasteiger partial charge in [-0.3, -0.25) is 4.90 Å². The maximum Gasteiger partial charge on any atom is 0.0695 e. The van der Waals surface area contributed by atoms with Crippen molar-refractivity contribution in [1.82, 2.24) is 4.90 Å². The predicted octanol–water partition coefficient (Wildman–Crippen LogP) is 2.41. The van der Waals surface area contributed by atoms with E-state index in [9.17, 15) is 5.11 Å². The molecule has 2 fully saturated rings. The lowest BCUT2D eigenvalue weighted by Crippen LogP contribution is -2.48. The number of hydrogen-bond acceptors (Lipinski definition) is 2. The molecule has 0 spiro atoms. The van der Waals surface area contributed by atoms with Crippen LogP contribution < -0.4 is 0 Å². The van der Waals surface area contributed by atoms with Crippen molar-refractivity contribution in [3.8, 4) is 0 Å². The summed E-state index contributed by atoms with van der Waals surface area (Å²) in [6.07, 6.45) is 5.98. The Balaban J connectivity index is 2.07. The van der Waals surface area contributed by atoms with Crippen LogP contribution in [0.1, 0.15) is 52.9 Å². The number of rotatable bonds is 1. The van der Waals surface area contributed by atoms with Gasteiger partial charge in [-0.25, -0.2) is 0 Å². The third kappa shape index (κ3) is 2.21. The molecule has 0 aromatic heterocycles. The zero-order chi connectivity index (χ0) is 11.1. The highest BCUT2D eigenvalue weighted by Gasteiger charge is 2.41. The van der Waals surface area contributed by atoms with Gasteiger partial charge in [0.15, 0.2) is 0 Å². The molecule has 1 heterocycles. The quantitative estimate of drug-likeness (QED) is 0.720. The van der Waals surface area contributed by atoms with E-state index in [0.29, 0.717) is 17.5 Å². The van der Waals surface area contributed by atoms with E-state index in [1.807, 2.05) is 0 Å². The minimum atomic E-state index is -0.0621. The molecule has 1 aliphatic heterocycles. The first-order valence-electron chi connectivity index (χ1n) is 6.44. The van der Waals surface area contributed by atoms with Crippen molar-refractivity contribution in [2.45, 2.75) is 71.1 Å². The highest BCUT2D eigenvalue weighted by atomic mass is 16.3. The van der Waals surface area contributed by atoms with Gasteiger partial charge in [-0.2, -0.15) is 0 Å². The monoisotopic (exact) mass is 211 g/mol. The number of hydrogen-bond donors (Lipinski definition) is 1. The highest BCUT2D eigenvalue weighted by Crippen LogP contribution is 2.37. The molecule has 15 heavy (non-hydrogen) atoms. The molecule has 2 aliphatic rings. The van der Waals surface area contributed by atoms with Crippen molar-refractivity contribution in [1.29, 1.82) is 0 Å². The molecule has 2 heteroatoms. The smallest absolute Gasteiger partial charge is 0.0695 e. The van der Waals surface area contributed by atoms with Gasteiger partial charge in [-0.15, -0.1) is 0 Å². The average molecular weight is 211 g/mol. The zero-order valence-corrected chi connectivity index (χ0v) is 10.4. The fourth-order valence-corrected chi connectivity index (χ4v) is 3.42. The topological polar surface area (TPSA) is 23.5 Å². The largest absolute Gasteiger partial charge is 0.391 e. The van der Waals surface area contributed by atoms with Crippen molar-refractivity contribution in [3.63, 3.8) is 0 Å². The second-order valence-electron chi connectivity index (χ2n) is 6.33. The zero-order valence-electron chi connectivity index (χ0n) is 10.4. The molecule has 1 saturated heterocycles. The van der Waals surface area contributed by atoms with E-state index in [0.717, 1.165) is 6.42 Å². The summed E-state index contributed by atoms with van der Waals surface area (Å²) in [6.45, 7) is 8.19. The number of aliphatic hydroxyl groups is 1. The van der Waals surface area contributed by atoms with Crippen LogP contribution in [0.3, 0.4) is 0 Å². The minimum Gasteiger partial charge on any atom is -0.391 e. The SMILES string of the molecule is CC(C)(C)C1CCCN1C1CCCC1O. The van der Waals surface area contributed by atoms with Crippen LogP contribution in [-0.4, -0.2) is 34.7 Å². The molecule has 1 saturated carbocycles. The maximum atomic E-state index is 9.99. The third-order valence-corrected chi connectivity index (χ3v) is 4.16. The predicted molar refractivity (Wildman–Crippen MR) is 62.8 cm³/mol. The summed E-state index contributed by atoms with van der Waals surface area (Å²) in [5.74, 6) is 0. The molecule has 1 aliphatic carbocycles. The third-order valence-electron chi connectivity index (χ3n) is 4.16. The number of nitrogens with zero attached hydrogens (tertiary/aromatic N) is 1. The Kier molecular flexibility index (Phi) is 3.09. The fourth-order valence-electron chi connectivity index (χ4n) is 3.42. The first-order chi connectivity index (χ1) is 7.00. The Hall–Kier alpha value is -0.0800. The summed E-state index contributed by atoms with van der Waals surface area (Å²) in [5, 5.41) is 9.99. The van der Waals surface area contributed by atoms with E-state index < -0.39 is 0 Å². The fraction of sp³-hybridized carbons (Fsp3) is 1.00. The van der Waals surface area contributed by atoms with E-state index in [2.05, 4.69) is 25.7 Å². The standard InChI is InChI=1S/C13H25NO/c1-13(2,3)12-8-5-9-14(12)10-6-4-7-11(10)15/h10-12,15H,4-9H2,1-3H3. The molecule has 1 N–H and O–H groups in total. The lowest BCUT2D eigenvalue weighted by Gasteiger charge is -2.39. The average Bonchev–Trinajstić information content (AvgIpc) is 2.69. The van der Waals surface area contributed by atoms with E-state index in [-0.39, 0.29) is 6.10 Å². The summed E-state index contributed by atoms with van der Waals surface area (Å²) in [6, 6.07) is 1.13. The Morgan fingerprint density at radius 3 is 2.33 bits per heavy atom. The molecule has 0 bridgehead atoms. The van der Waals surface area contributed by atoms with Crippen LogP contribution in [0, 0.1) is 5.41 Å². The molecule has 2 rings (SSSR count). The molecule has 88 valence electrons. The first kappa shape index (κ1) is 11.4. The van der Waals surface area contributed by atoms with Crippen molar-refractivity contribution in [2.75, 3.05) is 6.54 Å². The van der Waals surface area contributed by atoms with Crippen molar-refractivity contribution in [2.24, 2.45) is 5.41 Å². The molecule has 0 aromatic rings. The molecular weight excluding hydrogens is 186 g/mol. The van der Waals surface area contributed by atoms with Crippen molar-refractivity contribution in [3.05, 3.63) is 0 Å². The van der Waals surface area contributed by atoms with Gasteiger partial charge in [0.1, 0.15) is 0 Å². The Bertz CT molecular complexity index is 221. The first-order valence-corrected chi connectivity index (χ1v) is 6.44. The normalized spacial score (nSPS) is 38.8. The summed E-state index contributed by atoms with van der Waals surface area (Å²) < 4.78 is 0. The number of aliphatic hydroxyl groups excluding tert-OH is 1. The molecule has 3 unspecified atom stereocenters.